The van der Waals surface area contributed by atoms with Gasteiger partial charge in [-0.05, 0) is 30.2 Å². The third-order valence-corrected chi connectivity index (χ3v) is 4.36. The Hall–Kier alpha value is -2.14. The molecule has 2 aromatic heterocycles. The number of thiophene rings is 1. The summed E-state index contributed by atoms with van der Waals surface area (Å²) in [5.74, 6) is 0.891. The Morgan fingerprint density at radius 2 is 2.00 bits per heavy atom. The van der Waals surface area contributed by atoms with E-state index in [0.717, 1.165) is 34.7 Å². The van der Waals surface area contributed by atoms with Crippen molar-refractivity contribution in [3.8, 4) is 0 Å². The molecule has 20 heavy (non-hydrogen) atoms. The lowest BCUT2D eigenvalue weighted by molar-refractivity contribution is 1.10. The van der Waals surface area contributed by atoms with Crippen LogP contribution in [0.4, 0.5) is 11.5 Å². The van der Waals surface area contributed by atoms with Crippen LogP contribution in [0.1, 0.15) is 17.4 Å². The van der Waals surface area contributed by atoms with Gasteiger partial charge in [0.2, 0.25) is 0 Å². The second-order valence-electron chi connectivity index (χ2n) is 4.60. The van der Waals surface area contributed by atoms with E-state index in [-0.39, 0.29) is 0 Å². The standard InChI is InChI=1S/C15H16N4S/c1-2-12-7-13-14(18-9-19-15(13)20-12)17-8-10-3-5-11(16)6-4-10/h3-7,9H,2,8,16H2,1H3,(H,17,18,19). The molecule has 3 rings (SSSR count). The minimum atomic E-state index is 0.726. The molecule has 0 aliphatic heterocycles. The Morgan fingerprint density at radius 3 is 2.75 bits per heavy atom. The second-order valence-corrected chi connectivity index (χ2v) is 5.72. The minimum Gasteiger partial charge on any atom is -0.399 e. The van der Waals surface area contributed by atoms with Crippen LogP contribution in [0.5, 0.6) is 0 Å². The molecule has 0 radical (unpaired) electrons. The first-order valence-electron chi connectivity index (χ1n) is 6.58. The summed E-state index contributed by atoms with van der Waals surface area (Å²) in [5.41, 5.74) is 7.65. The van der Waals surface area contributed by atoms with Gasteiger partial charge in [0.25, 0.3) is 0 Å². The quantitative estimate of drug-likeness (QED) is 0.720. The number of anilines is 2. The number of benzene rings is 1. The molecule has 0 unspecified atom stereocenters. The average molecular weight is 284 g/mol. The van der Waals surface area contributed by atoms with Crippen LogP contribution < -0.4 is 11.1 Å². The van der Waals surface area contributed by atoms with Crippen molar-refractivity contribution in [3.63, 3.8) is 0 Å². The fourth-order valence-electron chi connectivity index (χ4n) is 2.04. The van der Waals surface area contributed by atoms with E-state index in [1.54, 1.807) is 17.7 Å². The largest absolute Gasteiger partial charge is 0.399 e. The van der Waals surface area contributed by atoms with E-state index in [1.807, 2.05) is 24.3 Å². The SMILES string of the molecule is CCc1cc2c(NCc3ccc(N)cc3)ncnc2s1. The van der Waals surface area contributed by atoms with Crippen LogP contribution in [0, 0.1) is 0 Å². The molecule has 5 heteroatoms. The molecule has 0 saturated carbocycles. The predicted octanol–water partition coefficient (Wildman–Crippen LogP) is 3.45. The van der Waals surface area contributed by atoms with E-state index < -0.39 is 0 Å². The lowest BCUT2D eigenvalue weighted by atomic mass is 10.2. The third kappa shape index (κ3) is 2.58. The molecular weight excluding hydrogens is 268 g/mol. The molecule has 0 bridgehead atoms. The van der Waals surface area contributed by atoms with Gasteiger partial charge in [0.1, 0.15) is 17.0 Å². The van der Waals surface area contributed by atoms with Crippen LogP contribution in [0.2, 0.25) is 0 Å². The van der Waals surface area contributed by atoms with E-state index in [2.05, 4.69) is 28.3 Å². The van der Waals surface area contributed by atoms with Crippen LogP contribution in [0.15, 0.2) is 36.7 Å². The summed E-state index contributed by atoms with van der Waals surface area (Å²) in [5, 5.41) is 4.48. The number of aryl methyl sites for hydroxylation is 1. The van der Waals surface area contributed by atoms with Gasteiger partial charge in [0.15, 0.2) is 0 Å². The number of nitrogens with two attached hydrogens (primary N) is 1. The molecule has 0 saturated heterocycles. The van der Waals surface area contributed by atoms with E-state index in [1.165, 1.54) is 10.4 Å². The van der Waals surface area contributed by atoms with Gasteiger partial charge in [-0.15, -0.1) is 11.3 Å². The molecule has 0 atom stereocenters. The maximum absolute atomic E-state index is 5.69. The molecule has 1 aromatic carbocycles. The number of nitrogens with zero attached hydrogens (tertiary/aromatic N) is 2. The maximum Gasteiger partial charge on any atom is 0.138 e. The Morgan fingerprint density at radius 1 is 1.20 bits per heavy atom. The number of rotatable bonds is 4. The molecule has 4 nitrogen and oxygen atoms in total. The molecule has 0 aliphatic rings. The van der Waals surface area contributed by atoms with Crippen LogP contribution >= 0.6 is 11.3 Å². The molecule has 0 amide bonds. The van der Waals surface area contributed by atoms with E-state index in [0.29, 0.717) is 0 Å². The van der Waals surface area contributed by atoms with Crippen molar-refractivity contribution in [2.24, 2.45) is 0 Å². The van der Waals surface area contributed by atoms with Gasteiger partial charge in [-0.1, -0.05) is 19.1 Å². The average Bonchev–Trinajstić information content (AvgIpc) is 2.90. The smallest absolute Gasteiger partial charge is 0.138 e. The van der Waals surface area contributed by atoms with Crippen molar-refractivity contribution in [2.45, 2.75) is 19.9 Å². The van der Waals surface area contributed by atoms with Crippen molar-refractivity contribution >= 4 is 33.1 Å². The summed E-state index contributed by atoms with van der Waals surface area (Å²) < 4.78 is 0. The van der Waals surface area contributed by atoms with Gasteiger partial charge in [-0.2, -0.15) is 0 Å². The van der Waals surface area contributed by atoms with E-state index in [9.17, 15) is 0 Å². The lowest BCUT2D eigenvalue weighted by Gasteiger charge is -2.06. The van der Waals surface area contributed by atoms with Crippen molar-refractivity contribution in [1.82, 2.24) is 9.97 Å². The number of fused-ring (bicyclic) bond motifs is 1. The summed E-state index contributed by atoms with van der Waals surface area (Å²) in [4.78, 5) is 11.0. The summed E-state index contributed by atoms with van der Waals surface area (Å²) in [6.45, 7) is 2.88. The van der Waals surface area contributed by atoms with E-state index >= 15 is 0 Å². The highest BCUT2D eigenvalue weighted by molar-refractivity contribution is 7.18. The summed E-state index contributed by atoms with van der Waals surface area (Å²) >= 11 is 1.73. The van der Waals surface area contributed by atoms with Crippen LogP contribution in [-0.2, 0) is 13.0 Å². The predicted molar refractivity (Wildman–Crippen MR) is 85.0 cm³/mol. The first kappa shape index (κ1) is 12.9. The van der Waals surface area contributed by atoms with E-state index in [4.69, 9.17) is 5.73 Å². The molecule has 0 spiro atoms. The highest BCUT2D eigenvalue weighted by atomic mass is 32.1. The summed E-state index contributed by atoms with van der Waals surface area (Å²) in [6, 6.07) is 10.0. The fraction of sp³-hybridized carbons (Fsp3) is 0.200. The first-order valence-corrected chi connectivity index (χ1v) is 7.39. The Labute approximate surface area is 121 Å². The van der Waals surface area contributed by atoms with Crippen LogP contribution in [-0.4, -0.2) is 9.97 Å². The normalized spacial score (nSPS) is 10.8. The van der Waals surface area contributed by atoms with Gasteiger partial charge < -0.3 is 11.1 Å². The van der Waals surface area contributed by atoms with Crippen LogP contribution in [0.3, 0.4) is 0 Å². The molecule has 0 fully saturated rings. The molecular formula is C15H16N4S. The van der Waals surface area contributed by atoms with Crippen molar-refractivity contribution in [3.05, 3.63) is 47.1 Å². The van der Waals surface area contributed by atoms with Gasteiger partial charge >= 0.3 is 0 Å². The first-order chi connectivity index (χ1) is 9.76. The minimum absolute atomic E-state index is 0.726. The topological polar surface area (TPSA) is 63.8 Å². The van der Waals surface area contributed by atoms with Gasteiger partial charge in [0, 0.05) is 17.1 Å². The fourth-order valence-corrected chi connectivity index (χ4v) is 2.98. The number of nitrogen functional groups attached to an aromatic ring is 1. The molecule has 2 heterocycles. The monoisotopic (exact) mass is 284 g/mol. The van der Waals surface area contributed by atoms with Crippen molar-refractivity contribution in [1.29, 1.82) is 0 Å². The van der Waals surface area contributed by atoms with Crippen molar-refractivity contribution < 1.29 is 0 Å². The Kier molecular flexibility index (Phi) is 3.52. The Balaban J connectivity index is 1.83. The number of aromatic nitrogens is 2. The zero-order valence-electron chi connectivity index (χ0n) is 11.3. The highest BCUT2D eigenvalue weighted by Gasteiger charge is 2.07. The zero-order chi connectivity index (χ0) is 13.9. The van der Waals surface area contributed by atoms with Gasteiger partial charge in [0.05, 0.1) is 5.39 Å². The molecule has 102 valence electrons. The summed E-state index contributed by atoms with van der Waals surface area (Å²) in [7, 11) is 0. The summed E-state index contributed by atoms with van der Waals surface area (Å²) in [6.07, 6.45) is 2.64. The van der Waals surface area contributed by atoms with Crippen molar-refractivity contribution in [2.75, 3.05) is 11.1 Å². The third-order valence-electron chi connectivity index (χ3n) is 3.17. The molecule has 3 aromatic rings. The Bertz CT molecular complexity index is 718. The highest BCUT2D eigenvalue weighted by Crippen LogP contribution is 2.28. The number of hydrogen-bond donors (Lipinski definition) is 2. The van der Waals surface area contributed by atoms with Crippen LogP contribution in [0.25, 0.3) is 10.2 Å². The van der Waals surface area contributed by atoms with Gasteiger partial charge in [-0.25, -0.2) is 9.97 Å². The molecule has 3 N–H and O–H groups in total. The zero-order valence-corrected chi connectivity index (χ0v) is 12.1. The van der Waals surface area contributed by atoms with Gasteiger partial charge in [-0.3, -0.25) is 0 Å². The maximum atomic E-state index is 5.69. The second kappa shape index (κ2) is 5.46. The number of hydrogen-bond acceptors (Lipinski definition) is 5. The molecule has 0 aliphatic carbocycles. The lowest BCUT2D eigenvalue weighted by Crippen LogP contribution is -2.02. The number of nitrogens with one attached hydrogen (secondary N) is 1.